The maximum absolute atomic E-state index is 13.6. The Labute approximate surface area is 183 Å². The Kier molecular flexibility index (Phi) is 9.61. The highest BCUT2D eigenvalue weighted by molar-refractivity contribution is 14.0. The summed E-state index contributed by atoms with van der Waals surface area (Å²) in [5.41, 5.74) is 0.942. The van der Waals surface area contributed by atoms with Gasteiger partial charge >= 0.3 is 0 Å². The van der Waals surface area contributed by atoms with Gasteiger partial charge in [0, 0.05) is 43.7 Å². The molecule has 2 heterocycles. The van der Waals surface area contributed by atoms with E-state index in [-0.39, 0.29) is 29.8 Å². The van der Waals surface area contributed by atoms with E-state index in [1.807, 2.05) is 12.3 Å². The average Bonchev–Trinajstić information content (AvgIpc) is 3.16. The second-order valence-corrected chi connectivity index (χ2v) is 7.51. The van der Waals surface area contributed by atoms with Gasteiger partial charge in [0.15, 0.2) is 5.96 Å². The molecule has 1 N–H and O–H groups in total. The van der Waals surface area contributed by atoms with Crippen LogP contribution < -0.4 is 5.32 Å². The minimum absolute atomic E-state index is 0. The smallest absolute Gasteiger partial charge is 0.194 e. The van der Waals surface area contributed by atoms with Gasteiger partial charge in [-0.3, -0.25) is 4.90 Å². The van der Waals surface area contributed by atoms with Crippen LogP contribution in [0.1, 0.15) is 18.9 Å². The van der Waals surface area contributed by atoms with Crippen molar-refractivity contribution in [3.63, 3.8) is 0 Å². The topological polar surface area (TPSA) is 40.1 Å². The molecule has 1 unspecified atom stereocenters. The van der Waals surface area contributed by atoms with E-state index in [9.17, 15) is 4.39 Å². The van der Waals surface area contributed by atoms with Crippen LogP contribution in [-0.4, -0.2) is 74.0 Å². The van der Waals surface area contributed by atoms with Crippen LogP contribution in [0.15, 0.2) is 28.1 Å². The molecule has 2 saturated heterocycles. The number of rotatable bonds is 5. The van der Waals surface area contributed by atoms with Gasteiger partial charge in [-0.05, 0) is 43.4 Å². The number of nitrogens with one attached hydrogen (secondary N) is 1. The Hall–Kier alpha value is -0.580. The minimum atomic E-state index is -0.202. The molecule has 1 atom stereocenters. The molecule has 27 heavy (non-hydrogen) atoms. The van der Waals surface area contributed by atoms with E-state index in [4.69, 9.17) is 9.73 Å². The zero-order chi connectivity index (χ0) is 18.4. The van der Waals surface area contributed by atoms with Crippen LogP contribution in [0.3, 0.4) is 0 Å². The molecular weight excluding hydrogens is 478 g/mol. The Morgan fingerprint density at radius 3 is 2.81 bits per heavy atom. The quantitative estimate of drug-likeness (QED) is 0.287. The number of nitrogens with zero attached hydrogens (tertiary/aromatic N) is 3. The molecule has 2 aliphatic heterocycles. The number of aliphatic imine (C=N–C) groups is 1. The third-order valence-electron chi connectivity index (χ3n) is 5.00. The summed E-state index contributed by atoms with van der Waals surface area (Å²) in [7, 11) is 0. The molecule has 0 radical (unpaired) electrons. The molecule has 8 heteroatoms. The molecule has 2 fully saturated rings. The zero-order valence-electron chi connectivity index (χ0n) is 16.1. The first kappa shape index (κ1) is 22.7. The summed E-state index contributed by atoms with van der Waals surface area (Å²) >= 11 is 1.63. The third-order valence-corrected chi connectivity index (χ3v) is 5.84. The van der Waals surface area contributed by atoms with Crippen molar-refractivity contribution in [2.45, 2.75) is 30.8 Å². The standard InChI is InChI=1S/C19H29FN4OS.HI/c1-3-21-19(22-13-15-12-16(20)4-5-18(15)26-2)24-7-6-17(14-24)23-8-10-25-11-9-23;/h4-5,12,17H,3,6-11,13-14H2,1-2H3,(H,21,22);1H. The van der Waals surface area contributed by atoms with E-state index in [1.54, 1.807) is 17.8 Å². The summed E-state index contributed by atoms with van der Waals surface area (Å²) in [4.78, 5) is 10.8. The van der Waals surface area contributed by atoms with Crippen molar-refractivity contribution in [1.82, 2.24) is 15.1 Å². The molecule has 0 saturated carbocycles. The monoisotopic (exact) mass is 508 g/mol. The summed E-state index contributed by atoms with van der Waals surface area (Å²) in [5.74, 6) is 0.728. The van der Waals surface area contributed by atoms with Crippen molar-refractivity contribution in [2.75, 3.05) is 52.2 Å². The lowest BCUT2D eigenvalue weighted by atomic mass is 10.2. The van der Waals surface area contributed by atoms with Crippen LogP contribution in [0.5, 0.6) is 0 Å². The first-order valence-electron chi connectivity index (χ1n) is 9.38. The number of ether oxygens (including phenoxy) is 1. The van der Waals surface area contributed by atoms with Gasteiger partial charge in [0.25, 0.3) is 0 Å². The SMILES string of the molecule is CCNC(=NCc1cc(F)ccc1SC)N1CCC(N2CCOCC2)C1.I. The molecule has 2 aliphatic rings. The van der Waals surface area contributed by atoms with Crippen molar-refractivity contribution >= 4 is 41.7 Å². The Morgan fingerprint density at radius 1 is 1.33 bits per heavy atom. The van der Waals surface area contributed by atoms with Gasteiger partial charge in [0.2, 0.25) is 0 Å². The molecule has 1 aromatic carbocycles. The second kappa shape index (κ2) is 11.4. The van der Waals surface area contributed by atoms with Crippen molar-refractivity contribution in [3.05, 3.63) is 29.6 Å². The zero-order valence-corrected chi connectivity index (χ0v) is 19.3. The summed E-state index contributed by atoms with van der Waals surface area (Å²) in [6.45, 7) is 9.12. The average molecular weight is 508 g/mol. The summed E-state index contributed by atoms with van der Waals surface area (Å²) in [6, 6.07) is 5.51. The molecule has 5 nitrogen and oxygen atoms in total. The molecular formula is C19H30FIN4OS. The first-order chi connectivity index (χ1) is 12.7. The minimum Gasteiger partial charge on any atom is -0.379 e. The van der Waals surface area contributed by atoms with E-state index < -0.39 is 0 Å². The molecule has 152 valence electrons. The molecule has 1 aromatic rings. The fraction of sp³-hybridized carbons (Fsp3) is 0.632. The van der Waals surface area contributed by atoms with Crippen LogP contribution in [0.4, 0.5) is 4.39 Å². The normalized spacial score (nSPS) is 21.2. The van der Waals surface area contributed by atoms with Crippen LogP contribution in [0.2, 0.25) is 0 Å². The van der Waals surface area contributed by atoms with E-state index in [0.29, 0.717) is 12.6 Å². The fourth-order valence-electron chi connectivity index (χ4n) is 3.63. The van der Waals surface area contributed by atoms with Gasteiger partial charge in [0.05, 0.1) is 19.8 Å². The van der Waals surface area contributed by atoms with Crippen LogP contribution in [0, 0.1) is 5.82 Å². The van der Waals surface area contributed by atoms with Gasteiger partial charge in [-0.2, -0.15) is 0 Å². The van der Waals surface area contributed by atoms with E-state index in [1.165, 1.54) is 6.07 Å². The van der Waals surface area contributed by atoms with Gasteiger partial charge in [-0.15, -0.1) is 35.7 Å². The predicted octanol–water partition coefficient (Wildman–Crippen LogP) is 3.04. The lowest BCUT2D eigenvalue weighted by molar-refractivity contribution is 0.0195. The molecule has 0 bridgehead atoms. The van der Waals surface area contributed by atoms with Gasteiger partial charge in [-0.25, -0.2) is 9.38 Å². The maximum atomic E-state index is 13.6. The second-order valence-electron chi connectivity index (χ2n) is 6.66. The number of likely N-dealkylation sites (tertiary alicyclic amines) is 1. The molecule has 0 spiro atoms. The van der Waals surface area contributed by atoms with Gasteiger partial charge in [0.1, 0.15) is 5.82 Å². The molecule has 0 aromatic heterocycles. The lowest BCUT2D eigenvalue weighted by Gasteiger charge is -2.32. The van der Waals surface area contributed by atoms with Gasteiger partial charge < -0.3 is 15.0 Å². The molecule has 0 amide bonds. The summed E-state index contributed by atoms with van der Waals surface area (Å²) < 4.78 is 19.1. The number of benzene rings is 1. The van der Waals surface area contributed by atoms with Crippen LogP contribution >= 0.6 is 35.7 Å². The molecule has 0 aliphatic carbocycles. The van der Waals surface area contributed by atoms with Crippen molar-refractivity contribution in [2.24, 2.45) is 4.99 Å². The van der Waals surface area contributed by atoms with Crippen LogP contribution in [0.25, 0.3) is 0 Å². The Bertz CT molecular complexity index is 628. The van der Waals surface area contributed by atoms with Crippen molar-refractivity contribution < 1.29 is 9.13 Å². The third kappa shape index (κ3) is 6.20. The number of hydrogen-bond donors (Lipinski definition) is 1. The fourth-order valence-corrected chi connectivity index (χ4v) is 4.22. The van der Waals surface area contributed by atoms with Gasteiger partial charge in [-0.1, -0.05) is 0 Å². The highest BCUT2D eigenvalue weighted by Crippen LogP contribution is 2.22. The van der Waals surface area contributed by atoms with E-state index >= 15 is 0 Å². The lowest BCUT2D eigenvalue weighted by Crippen LogP contribution is -2.46. The number of hydrogen-bond acceptors (Lipinski definition) is 4. The molecule has 3 rings (SSSR count). The Morgan fingerprint density at radius 2 is 2.11 bits per heavy atom. The number of morpholine rings is 1. The maximum Gasteiger partial charge on any atom is 0.194 e. The van der Waals surface area contributed by atoms with Crippen molar-refractivity contribution in [3.8, 4) is 0 Å². The predicted molar refractivity (Wildman–Crippen MR) is 121 cm³/mol. The number of halogens is 2. The highest BCUT2D eigenvalue weighted by Gasteiger charge is 2.30. The highest BCUT2D eigenvalue weighted by atomic mass is 127. The largest absolute Gasteiger partial charge is 0.379 e. The number of thioether (sulfide) groups is 1. The Balaban J connectivity index is 0.00000261. The first-order valence-corrected chi connectivity index (χ1v) is 10.6. The number of guanidine groups is 1. The van der Waals surface area contributed by atoms with Crippen molar-refractivity contribution in [1.29, 1.82) is 0 Å². The summed E-state index contributed by atoms with van der Waals surface area (Å²) in [5, 5.41) is 3.40. The van der Waals surface area contributed by atoms with E-state index in [0.717, 1.165) is 68.8 Å². The summed E-state index contributed by atoms with van der Waals surface area (Å²) in [6.07, 6.45) is 3.17. The van der Waals surface area contributed by atoms with Crippen LogP contribution in [-0.2, 0) is 11.3 Å². The van der Waals surface area contributed by atoms with E-state index in [2.05, 4.69) is 22.0 Å².